The maximum atomic E-state index is 13.0. The van der Waals surface area contributed by atoms with Crippen LogP contribution in [0, 0.1) is 19.8 Å². The molecule has 1 saturated heterocycles. The van der Waals surface area contributed by atoms with Gasteiger partial charge in [-0.25, -0.2) is 8.42 Å². The lowest BCUT2D eigenvalue weighted by atomic mass is 9.98. The number of sulfonamides is 1. The zero-order chi connectivity index (χ0) is 20.3. The molecule has 1 heterocycles. The summed E-state index contributed by atoms with van der Waals surface area (Å²) < 4.78 is 32.4. The van der Waals surface area contributed by atoms with Crippen LogP contribution >= 0.6 is 0 Å². The molecular formula is C21H26N2O4S. The number of rotatable bonds is 5. The zero-order valence-corrected chi connectivity index (χ0v) is 17.3. The minimum absolute atomic E-state index is 0.136. The minimum atomic E-state index is -3.64. The lowest BCUT2D eigenvalue weighted by Crippen LogP contribution is -2.43. The fraction of sp³-hybridized carbons (Fsp3) is 0.381. The van der Waals surface area contributed by atoms with Crippen molar-refractivity contribution in [1.82, 2.24) is 4.31 Å². The lowest BCUT2D eigenvalue weighted by molar-refractivity contribution is -0.120. The second-order valence-corrected chi connectivity index (χ2v) is 9.12. The van der Waals surface area contributed by atoms with Crippen LogP contribution in [-0.2, 0) is 14.8 Å². The first-order chi connectivity index (χ1) is 13.3. The molecule has 6 nitrogen and oxygen atoms in total. The SMILES string of the molecule is COc1ccc(S(=O)(=O)N2CCC[C@H](C(=O)Nc3cc(C)ccc3C)C2)cc1. The average molecular weight is 403 g/mol. The van der Waals surface area contributed by atoms with E-state index in [1.54, 1.807) is 12.1 Å². The zero-order valence-electron chi connectivity index (χ0n) is 16.4. The molecule has 3 rings (SSSR count). The van der Waals surface area contributed by atoms with Crippen molar-refractivity contribution in [1.29, 1.82) is 0 Å². The van der Waals surface area contributed by atoms with Crippen molar-refractivity contribution in [2.75, 3.05) is 25.5 Å². The number of benzene rings is 2. The second kappa shape index (κ2) is 8.32. The van der Waals surface area contributed by atoms with E-state index in [2.05, 4.69) is 5.32 Å². The molecule has 2 aromatic rings. The highest BCUT2D eigenvalue weighted by molar-refractivity contribution is 7.89. The number of aryl methyl sites for hydroxylation is 2. The van der Waals surface area contributed by atoms with Gasteiger partial charge in [0.2, 0.25) is 15.9 Å². The number of piperidine rings is 1. The van der Waals surface area contributed by atoms with Gasteiger partial charge in [-0.3, -0.25) is 4.79 Å². The summed E-state index contributed by atoms with van der Waals surface area (Å²) in [6.45, 7) is 4.52. The van der Waals surface area contributed by atoms with Crippen molar-refractivity contribution in [2.24, 2.45) is 5.92 Å². The summed E-state index contributed by atoms with van der Waals surface area (Å²) in [6.07, 6.45) is 1.33. The van der Waals surface area contributed by atoms with Gasteiger partial charge in [0.1, 0.15) is 5.75 Å². The van der Waals surface area contributed by atoms with Crippen LogP contribution in [0.3, 0.4) is 0 Å². The van der Waals surface area contributed by atoms with Gasteiger partial charge in [0.15, 0.2) is 0 Å². The molecule has 2 aromatic carbocycles. The topological polar surface area (TPSA) is 75.7 Å². The summed E-state index contributed by atoms with van der Waals surface area (Å²) in [7, 11) is -2.11. The third-order valence-electron chi connectivity index (χ3n) is 5.10. The fourth-order valence-corrected chi connectivity index (χ4v) is 4.90. The summed E-state index contributed by atoms with van der Waals surface area (Å²) in [5, 5.41) is 2.97. The number of amides is 1. The first kappa shape index (κ1) is 20.4. The summed E-state index contributed by atoms with van der Waals surface area (Å²) in [5.74, 6) is 0.0911. The van der Waals surface area contributed by atoms with E-state index in [1.165, 1.54) is 23.5 Å². The number of nitrogens with one attached hydrogen (secondary N) is 1. The van der Waals surface area contributed by atoms with Gasteiger partial charge in [-0.15, -0.1) is 0 Å². The van der Waals surface area contributed by atoms with Gasteiger partial charge < -0.3 is 10.1 Å². The molecule has 1 atom stereocenters. The van der Waals surface area contributed by atoms with Crippen LogP contribution in [0.4, 0.5) is 5.69 Å². The van der Waals surface area contributed by atoms with Crippen molar-refractivity contribution >= 4 is 21.6 Å². The highest BCUT2D eigenvalue weighted by atomic mass is 32.2. The Morgan fingerprint density at radius 2 is 1.86 bits per heavy atom. The Morgan fingerprint density at radius 3 is 2.54 bits per heavy atom. The molecule has 0 aliphatic carbocycles. The summed E-state index contributed by atoms with van der Waals surface area (Å²) in [6, 6.07) is 12.2. The monoisotopic (exact) mass is 402 g/mol. The molecule has 0 unspecified atom stereocenters. The maximum absolute atomic E-state index is 13.0. The van der Waals surface area contributed by atoms with Crippen LogP contribution in [0.5, 0.6) is 5.75 Å². The van der Waals surface area contributed by atoms with Crippen molar-refractivity contribution < 1.29 is 17.9 Å². The predicted octanol–water partition coefficient (Wildman–Crippen LogP) is 3.35. The van der Waals surface area contributed by atoms with Gasteiger partial charge in [0.05, 0.1) is 17.9 Å². The number of nitrogens with zero attached hydrogens (tertiary/aromatic N) is 1. The van der Waals surface area contributed by atoms with Gasteiger partial charge in [-0.05, 0) is 68.1 Å². The number of carbonyl (C=O) groups is 1. The first-order valence-electron chi connectivity index (χ1n) is 9.33. The number of anilines is 1. The quantitative estimate of drug-likeness (QED) is 0.832. The molecule has 1 N–H and O–H groups in total. The molecule has 0 radical (unpaired) electrons. The molecule has 0 spiro atoms. The van der Waals surface area contributed by atoms with Crippen LogP contribution in [0.15, 0.2) is 47.4 Å². The van der Waals surface area contributed by atoms with Gasteiger partial charge in [0, 0.05) is 18.8 Å². The number of carbonyl (C=O) groups excluding carboxylic acids is 1. The van der Waals surface area contributed by atoms with Gasteiger partial charge in [0.25, 0.3) is 0 Å². The highest BCUT2D eigenvalue weighted by Gasteiger charge is 2.33. The summed E-state index contributed by atoms with van der Waals surface area (Å²) in [4.78, 5) is 13.0. The normalized spacial score (nSPS) is 17.9. The second-order valence-electron chi connectivity index (χ2n) is 7.19. The molecule has 1 amide bonds. The van der Waals surface area contributed by atoms with Gasteiger partial charge in [-0.1, -0.05) is 12.1 Å². The van der Waals surface area contributed by atoms with E-state index in [-0.39, 0.29) is 23.3 Å². The molecule has 0 aromatic heterocycles. The molecule has 0 saturated carbocycles. The minimum Gasteiger partial charge on any atom is -0.497 e. The first-order valence-corrected chi connectivity index (χ1v) is 10.8. The van der Waals surface area contributed by atoms with E-state index in [1.807, 2.05) is 32.0 Å². The van der Waals surface area contributed by atoms with Crippen molar-refractivity contribution in [3.8, 4) is 5.75 Å². The smallest absolute Gasteiger partial charge is 0.243 e. The summed E-state index contributed by atoms with van der Waals surface area (Å²) >= 11 is 0. The highest BCUT2D eigenvalue weighted by Crippen LogP contribution is 2.26. The van der Waals surface area contributed by atoms with E-state index >= 15 is 0 Å². The van der Waals surface area contributed by atoms with Crippen LogP contribution in [0.25, 0.3) is 0 Å². The molecule has 28 heavy (non-hydrogen) atoms. The Bertz CT molecular complexity index is 955. The van der Waals surface area contributed by atoms with Crippen LogP contribution in [-0.4, -0.2) is 38.8 Å². The number of hydrogen-bond donors (Lipinski definition) is 1. The number of ether oxygens (including phenoxy) is 1. The van der Waals surface area contributed by atoms with Gasteiger partial charge >= 0.3 is 0 Å². The van der Waals surface area contributed by atoms with E-state index < -0.39 is 10.0 Å². The third-order valence-corrected chi connectivity index (χ3v) is 6.98. The number of hydrogen-bond acceptors (Lipinski definition) is 4. The molecule has 1 fully saturated rings. The van der Waals surface area contributed by atoms with Crippen molar-refractivity contribution in [2.45, 2.75) is 31.6 Å². The number of methoxy groups -OCH3 is 1. The Hall–Kier alpha value is -2.38. The molecule has 1 aliphatic heterocycles. The molecule has 1 aliphatic rings. The molecule has 0 bridgehead atoms. The van der Waals surface area contributed by atoms with Gasteiger partial charge in [-0.2, -0.15) is 4.31 Å². The maximum Gasteiger partial charge on any atom is 0.243 e. The standard InChI is InChI=1S/C21H26N2O4S/c1-15-6-7-16(2)20(13-15)22-21(24)17-5-4-12-23(14-17)28(25,26)19-10-8-18(27-3)9-11-19/h6-11,13,17H,4-5,12,14H2,1-3H3,(H,22,24)/t17-/m0/s1. The Morgan fingerprint density at radius 1 is 1.14 bits per heavy atom. The Kier molecular flexibility index (Phi) is 6.05. The van der Waals surface area contributed by atoms with E-state index in [4.69, 9.17) is 4.74 Å². The molecule has 7 heteroatoms. The third kappa shape index (κ3) is 4.36. The summed E-state index contributed by atoms with van der Waals surface area (Å²) in [5.41, 5.74) is 2.82. The largest absolute Gasteiger partial charge is 0.497 e. The van der Waals surface area contributed by atoms with E-state index in [9.17, 15) is 13.2 Å². The van der Waals surface area contributed by atoms with Crippen LogP contribution in [0.1, 0.15) is 24.0 Å². The molecule has 150 valence electrons. The van der Waals surface area contributed by atoms with Crippen LogP contribution < -0.4 is 10.1 Å². The Labute approximate surface area is 166 Å². The predicted molar refractivity (Wildman–Crippen MR) is 109 cm³/mol. The van der Waals surface area contributed by atoms with Crippen molar-refractivity contribution in [3.63, 3.8) is 0 Å². The molecular weight excluding hydrogens is 376 g/mol. The average Bonchev–Trinajstić information content (AvgIpc) is 2.71. The van der Waals surface area contributed by atoms with Crippen molar-refractivity contribution in [3.05, 3.63) is 53.6 Å². The van der Waals surface area contributed by atoms with Crippen LogP contribution in [0.2, 0.25) is 0 Å². The van der Waals surface area contributed by atoms with E-state index in [0.717, 1.165) is 16.8 Å². The fourth-order valence-electron chi connectivity index (χ4n) is 3.38. The lowest BCUT2D eigenvalue weighted by Gasteiger charge is -2.31. The van der Waals surface area contributed by atoms with E-state index in [0.29, 0.717) is 25.1 Å². The Balaban J connectivity index is 1.73.